The van der Waals surface area contributed by atoms with Crippen molar-refractivity contribution in [3.8, 4) is 0 Å². The summed E-state index contributed by atoms with van der Waals surface area (Å²) in [7, 11) is 0. The van der Waals surface area contributed by atoms with Crippen LogP contribution < -0.4 is 0 Å². The fourth-order valence-corrected chi connectivity index (χ4v) is 2.90. The number of aromatic nitrogens is 1. The van der Waals surface area contributed by atoms with E-state index in [0.29, 0.717) is 13.1 Å². The normalized spacial score (nSPS) is 10.0. The first-order valence-corrected chi connectivity index (χ1v) is 8.38. The molecule has 1 heterocycles. The molecule has 0 amide bonds. The van der Waals surface area contributed by atoms with E-state index in [4.69, 9.17) is 0 Å². The van der Waals surface area contributed by atoms with Gasteiger partial charge in [0.25, 0.3) is 12.2 Å². The third-order valence-electron chi connectivity index (χ3n) is 3.46. The van der Waals surface area contributed by atoms with Crippen LogP contribution in [0.2, 0.25) is 0 Å². The summed E-state index contributed by atoms with van der Waals surface area (Å²) in [4.78, 5) is 19.6. The number of benzene rings is 2. The van der Waals surface area contributed by atoms with Crippen molar-refractivity contribution in [2.45, 2.75) is 13.5 Å². The highest BCUT2D eigenvalue weighted by molar-refractivity contribution is 9.10. The molecule has 0 saturated carbocycles. The number of nitrogens with zero attached hydrogens (tertiary/aromatic N) is 2. The SMILES string of the molecule is CCOC=O.O=[N+]([O-])c1ccc2c(c1)c(Br)cn2Cc1ccccc1. The van der Waals surface area contributed by atoms with Gasteiger partial charge in [-0.05, 0) is 34.5 Å². The van der Waals surface area contributed by atoms with Crippen LogP contribution in [0, 0.1) is 10.1 Å². The molecule has 0 unspecified atom stereocenters. The van der Waals surface area contributed by atoms with Crippen LogP contribution >= 0.6 is 15.9 Å². The highest BCUT2D eigenvalue weighted by Crippen LogP contribution is 2.30. The molecule has 25 heavy (non-hydrogen) atoms. The number of ether oxygens (including phenoxy) is 1. The number of non-ortho nitro benzene ring substituents is 1. The van der Waals surface area contributed by atoms with E-state index in [1.807, 2.05) is 24.4 Å². The Labute approximate surface area is 153 Å². The highest BCUT2D eigenvalue weighted by Gasteiger charge is 2.12. The first-order valence-electron chi connectivity index (χ1n) is 7.58. The molecule has 0 N–H and O–H groups in total. The lowest BCUT2D eigenvalue weighted by atomic mass is 10.2. The molecular weight excluding hydrogens is 388 g/mol. The lowest BCUT2D eigenvalue weighted by Crippen LogP contribution is -1.97. The van der Waals surface area contributed by atoms with Crippen LogP contribution in [0.25, 0.3) is 10.9 Å². The number of carbonyl (C=O) groups is 1. The number of fused-ring (bicyclic) bond motifs is 1. The van der Waals surface area contributed by atoms with E-state index < -0.39 is 0 Å². The van der Waals surface area contributed by atoms with Gasteiger partial charge < -0.3 is 9.30 Å². The Kier molecular flexibility index (Phi) is 6.71. The first kappa shape index (κ1) is 18.7. The maximum atomic E-state index is 10.8. The van der Waals surface area contributed by atoms with E-state index in [1.54, 1.807) is 19.1 Å². The summed E-state index contributed by atoms with van der Waals surface area (Å²) in [5.41, 5.74) is 2.28. The number of carbonyl (C=O) groups excluding carboxylic acids is 1. The van der Waals surface area contributed by atoms with Gasteiger partial charge in [0.2, 0.25) is 0 Å². The molecule has 0 radical (unpaired) electrons. The standard InChI is InChI=1S/C15H11BrN2O2.C3H6O2/c16-14-10-17(9-11-4-2-1-3-5-11)15-7-6-12(18(19)20)8-13(14)15;1-2-5-3-4/h1-8,10H,9H2;3H,2H2,1H3. The van der Waals surface area contributed by atoms with Crippen LogP contribution in [0.1, 0.15) is 12.5 Å². The summed E-state index contributed by atoms with van der Waals surface area (Å²) in [5.74, 6) is 0. The lowest BCUT2D eigenvalue weighted by molar-refractivity contribution is -0.384. The number of nitro groups is 1. The van der Waals surface area contributed by atoms with Gasteiger partial charge in [-0.1, -0.05) is 30.3 Å². The zero-order chi connectivity index (χ0) is 18.2. The third-order valence-corrected chi connectivity index (χ3v) is 4.09. The number of halogens is 1. The summed E-state index contributed by atoms with van der Waals surface area (Å²) in [6.07, 6.45) is 1.96. The molecule has 130 valence electrons. The Morgan fingerprint density at radius 2 is 1.96 bits per heavy atom. The van der Waals surface area contributed by atoms with E-state index in [-0.39, 0.29) is 10.6 Å². The monoisotopic (exact) mass is 404 g/mol. The van der Waals surface area contributed by atoms with Gasteiger partial charge in [-0.15, -0.1) is 0 Å². The molecule has 3 aromatic rings. The average molecular weight is 405 g/mol. The van der Waals surface area contributed by atoms with Crippen LogP contribution in [0.3, 0.4) is 0 Å². The van der Waals surface area contributed by atoms with Gasteiger partial charge >= 0.3 is 0 Å². The summed E-state index contributed by atoms with van der Waals surface area (Å²) >= 11 is 3.47. The largest absolute Gasteiger partial charge is 0.468 e. The number of hydrogen-bond acceptors (Lipinski definition) is 4. The Morgan fingerprint density at radius 3 is 2.52 bits per heavy atom. The van der Waals surface area contributed by atoms with Crippen molar-refractivity contribution in [3.63, 3.8) is 0 Å². The fraction of sp³-hybridized carbons (Fsp3) is 0.167. The first-order chi connectivity index (χ1) is 12.1. The van der Waals surface area contributed by atoms with E-state index in [1.165, 1.54) is 11.6 Å². The van der Waals surface area contributed by atoms with Crippen molar-refractivity contribution >= 4 is 39.0 Å². The second-order valence-corrected chi connectivity index (χ2v) is 5.96. The average Bonchev–Trinajstić information content (AvgIpc) is 2.92. The Morgan fingerprint density at radius 1 is 1.24 bits per heavy atom. The fourth-order valence-electron chi connectivity index (χ4n) is 2.33. The Hall–Kier alpha value is -2.67. The Bertz CT molecular complexity index is 862. The predicted octanol–water partition coefficient (Wildman–Crippen LogP) is 4.54. The number of nitro benzene ring substituents is 1. The molecule has 0 saturated heterocycles. The van der Waals surface area contributed by atoms with Gasteiger partial charge in [-0.25, -0.2) is 0 Å². The minimum Gasteiger partial charge on any atom is -0.468 e. The van der Waals surface area contributed by atoms with Crippen LogP contribution in [0.5, 0.6) is 0 Å². The van der Waals surface area contributed by atoms with Gasteiger partial charge in [-0.2, -0.15) is 0 Å². The van der Waals surface area contributed by atoms with E-state index in [0.717, 1.165) is 21.9 Å². The molecule has 3 rings (SSSR count). The molecule has 0 aliphatic rings. The molecule has 0 spiro atoms. The maximum Gasteiger partial charge on any atom is 0.293 e. The van der Waals surface area contributed by atoms with Crippen LogP contribution in [0.4, 0.5) is 5.69 Å². The number of rotatable bonds is 5. The van der Waals surface area contributed by atoms with Gasteiger partial charge in [-0.3, -0.25) is 14.9 Å². The molecule has 0 atom stereocenters. The van der Waals surface area contributed by atoms with Crippen molar-refractivity contribution in [2.75, 3.05) is 6.61 Å². The summed E-state index contributed by atoms with van der Waals surface area (Å²) in [6, 6.07) is 15.0. The molecule has 6 nitrogen and oxygen atoms in total. The van der Waals surface area contributed by atoms with Gasteiger partial charge in [0.1, 0.15) is 0 Å². The molecule has 1 aromatic heterocycles. The summed E-state index contributed by atoms with van der Waals surface area (Å²) < 4.78 is 7.10. The molecule has 0 aliphatic carbocycles. The zero-order valence-corrected chi connectivity index (χ0v) is 15.2. The second-order valence-electron chi connectivity index (χ2n) is 5.10. The predicted molar refractivity (Wildman–Crippen MR) is 99.5 cm³/mol. The van der Waals surface area contributed by atoms with Crippen LogP contribution in [-0.4, -0.2) is 22.6 Å². The minimum absolute atomic E-state index is 0.107. The maximum absolute atomic E-state index is 10.8. The van der Waals surface area contributed by atoms with Crippen molar-refractivity contribution in [3.05, 3.63) is 74.9 Å². The third kappa shape index (κ3) is 4.90. The summed E-state index contributed by atoms with van der Waals surface area (Å²) in [5, 5.41) is 11.7. The van der Waals surface area contributed by atoms with Crippen molar-refractivity contribution in [2.24, 2.45) is 0 Å². The molecule has 2 aromatic carbocycles. The highest BCUT2D eigenvalue weighted by atomic mass is 79.9. The quantitative estimate of drug-likeness (QED) is 0.355. The van der Waals surface area contributed by atoms with Crippen LogP contribution in [0.15, 0.2) is 59.2 Å². The van der Waals surface area contributed by atoms with Crippen molar-refractivity contribution in [1.29, 1.82) is 0 Å². The zero-order valence-electron chi connectivity index (χ0n) is 13.6. The molecule has 0 fully saturated rings. The lowest BCUT2D eigenvalue weighted by Gasteiger charge is -2.05. The van der Waals surface area contributed by atoms with Crippen molar-refractivity contribution < 1.29 is 14.5 Å². The van der Waals surface area contributed by atoms with E-state index in [2.05, 4.69) is 37.4 Å². The minimum atomic E-state index is -0.375. The molecule has 7 heteroatoms. The van der Waals surface area contributed by atoms with Crippen LogP contribution in [-0.2, 0) is 16.1 Å². The van der Waals surface area contributed by atoms with Gasteiger partial charge in [0.05, 0.1) is 11.5 Å². The van der Waals surface area contributed by atoms with Gasteiger partial charge in [0.15, 0.2) is 0 Å². The summed E-state index contributed by atoms with van der Waals surface area (Å²) in [6.45, 7) is 3.40. The second kappa shape index (κ2) is 8.98. The topological polar surface area (TPSA) is 74.4 Å². The molecule has 0 aliphatic heterocycles. The Balaban J connectivity index is 0.000000399. The molecule has 0 bridgehead atoms. The van der Waals surface area contributed by atoms with Crippen molar-refractivity contribution in [1.82, 2.24) is 4.57 Å². The van der Waals surface area contributed by atoms with E-state index >= 15 is 0 Å². The molecular formula is C18H17BrN2O4. The number of hydrogen-bond donors (Lipinski definition) is 0. The van der Waals surface area contributed by atoms with E-state index in [9.17, 15) is 14.9 Å². The smallest absolute Gasteiger partial charge is 0.293 e. The van der Waals surface area contributed by atoms with Gasteiger partial charge in [0, 0.05) is 40.2 Å².